The first-order valence-corrected chi connectivity index (χ1v) is 5.85. The lowest BCUT2D eigenvalue weighted by Gasteiger charge is -2.29. The summed E-state index contributed by atoms with van der Waals surface area (Å²) in [5.41, 5.74) is -0.139. The second kappa shape index (κ2) is 5.00. The largest absolute Gasteiger partial charge is 0.481 e. The zero-order valence-corrected chi connectivity index (χ0v) is 9.89. The van der Waals surface area contributed by atoms with E-state index >= 15 is 0 Å². The normalized spacial score (nSPS) is 17.1. The topological polar surface area (TPSA) is 98.9 Å². The molecule has 1 aromatic rings. The number of carboxylic acid groups (broad SMARTS) is 1. The van der Waals surface area contributed by atoms with E-state index in [0.29, 0.717) is 11.4 Å². The Kier molecular flexibility index (Phi) is 3.42. The standard InChI is InChI=1S/C12H14N4O2/c13-6-9-7-14-8-15-11(9)16-12(5-10(17)18)3-1-2-4-12/h7-8H,1-5H2,(H,17,18)(H,14,15,16). The van der Waals surface area contributed by atoms with Crippen molar-refractivity contribution in [2.24, 2.45) is 0 Å². The summed E-state index contributed by atoms with van der Waals surface area (Å²) in [5, 5.41) is 21.1. The molecule has 0 saturated heterocycles. The van der Waals surface area contributed by atoms with E-state index in [0.717, 1.165) is 25.7 Å². The van der Waals surface area contributed by atoms with E-state index < -0.39 is 11.5 Å². The third-order valence-corrected chi connectivity index (χ3v) is 3.27. The molecule has 94 valence electrons. The second-order valence-electron chi connectivity index (χ2n) is 4.58. The Balaban J connectivity index is 2.24. The van der Waals surface area contributed by atoms with E-state index in [-0.39, 0.29) is 6.42 Å². The van der Waals surface area contributed by atoms with Crippen LogP contribution in [0.1, 0.15) is 37.7 Å². The van der Waals surface area contributed by atoms with Crippen LogP contribution in [-0.4, -0.2) is 26.6 Å². The van der Waals surface area contributed by atoms with Gasteiger partial charge in [-0.05, 0) is 12.8 Å². The van der Waals surface area contributed by atoms with Gasteiger partial charge in [-0.25, -0.2) is 9.97 Å². The van der Waals surface area contributed by atoms with Crippen LogP contribution in [0.2, 0.25) is 0 Å². The Morgan fingerprint density at radius 3 is 2.89 bits per heavy atom. The van der Waals surface area contributed by atoms with Crippen molar-refractivity contribution in [3.8, 4) is 6.07 Å². The van der Waals surface area contributed by atoms with Gasteiger partial charge in [-0.1, -0.05) is 12.8 Å². The highest BCUT2D eigenvalue weighted by Gasteiger charge is 2.36. The molecule has 1 saturated carbocycles. The van der Waals surface area contributed by atoms with Crippen LogP contribution in [0.3, 0.4) is 0 Å². The maximum atomic E-state index is 11.0. The molecule has 2 rings (SSSR count). The van der Waals surface area contributed by atoms with Crippen molar-refractivity contribution in [1.29, 1.82) is 5.26 Å². The molecule has 0 radical (unpaired) electrons. The molecular weight excluding hydrogens is 232 g/mol. The number of anilines is 1. The van der Waals surface area contributed by atoms with Crippen LogP contribution >= 0.6 is 0 Å². The molecule has 0 amide bonds. The number of carboxylic acids is 1. The Morgan fingerprint density at radius 1 is 1.56 bits per heavy atom. The third kappa shape index (κ3) is 2.56. The van der Waals surface area contributed by atoms with Gasteiger partial charge in [0.2, 0.25) is 0 Å². The predicted molar refractivity (Wildman–Crippen MR) is 63.8 cm³/mol. The van der Waals surface area contributed by atoms with Gasteiger partial charge in [0.25, 0.3) is 0 Å². The minimum atomic E-state index is -0.836. The molecule has 1 aliphatic rings. The number of nitrogens with zero attached hydrogens (tertiary/aromatic N) is 3. The molecule has 1 heterocycles. The number of rotatable bonds is 4. The zero-order chi connectivity index (χ0) is 13.0. The lowest BCUT2D eigenvalue weighted by molar-refractivity contribution is -0.138. The summed E-state index contributed by atoms with van der Waals surface area (Å²) in [6, 6.07) is 2.01. The lowest BCUT2D eigenvalue weighted by atomic mass is 9.93. The molecule has 2 N–H and O–H groups in total. The smallest absolute Gasteiger partial charge is 0.305 e. The summed E-state index contributed by atoms with van der Waals surface area (Å²) in [6.45, 7) is 0. The van der Waals surface area contributed by atoms with Gasteiger partial charge in [0.15, 0.2) is 0 Å². The monoisotopic (exact) mass is 246 g/mol. The van der Waals surface area contributed by atoms with Crippen molar-refractivity contribution < 1.29 is 9.90 Å². The van der Waals surface area contributed by atoms with Crippen LogP contribution in [0.4, 0.5) is 5.82 Å². The minimum Gasteiger partial charge on any atom is -0.481 e. The number of hydrogen-bond acceptors (Lipinski definition) is 5. The molecule has 1 aromatic heterocycles. The molecule has 6 nitrogen and oxygen atoms in total. The predicted octanol–water partition coefficient (Wildman–Crippen LogP) is 1.55. The molecular formula is C12H14N4O2. The maximum absolute atomic E-state index is 11.0. The van der Waals surface area contributed by atoms with E-state index in [9.17, 15) is 4.79 Å². The number of nitrogens with one attached hydrogen (secondary N) is 1. The van der Waals surface area contributed by atoms with Crippen molar-refractivity contribution in [3.05, 3.63) is 18.1 Å². The van der Waals surface area contributed by atoms with Crippen LogP contribution in [0.15, 0.2) is 12.5 Å². The Hall–Kier alpha value is -2.16. The van der Waals surface area contributed by atoms with Gasteiger partial charge >= 0.3 is 5.97 Å². The quantitative estimate of drug-likeness (QED) is 0.836. The first-order valence-electron chi connectivity index (χ1n) is 5.85. The van der Waals surface area contributed by atoms with Crippen LogP contribution < -0.4 is 5.32 Å². The SMILES string of the molecule is N#Cc1cncnc1NC1(CC(=O)O)CCCC1. The summed E-state index contributed by atoms with van der Waals surface area (Å²) >= 11 is 0. The fourth-order valence-corrected chi connectivity index (χ4v) is 2.45. The van der Waals surface area contributed by atoms with Crippen LogP contribution in [0, 0.1) is 11.3 Å². The van der Waals surface area contributed by atoms with E-state index in [4.69, 9.17) is 10.4 Å². The molecule has 0 aromatic carbocycles. The van der Waals surface area contributed by atoms with Gasteiger partial charge in [0, 0.05) is 5.54 Å². The van der Waals surface area contributed by atoms with Gasteiger partial charge in [0.1, 0.15) is 23.8 Å². The number of aliphatic carboxylic acids is 1. The summed E-state index contributed by atoms with van der Waals surface area (Å²) in [4.78, 5) is 18.8. The first kappa shape index (κ1) is 12.3. The number of nitriles is 1. The molecule has 0 bridgehead atoms. The molecule has 0 unspecified atom stereocenters. The van der Waals surface area contributed by atoms with Crippen molar-refractivity contribution in [2.75, 3.05) is 5.32 Å². The highest BCUT2D eigenvalue weighted by Crippen LogP contribution is 2.35. The minimum absolute atomic E-state index is 0.0435. The number of hydrogen-bond donors (Lipinski definition) is 2. The Bertz CT molecular complexity index is 489. The van der Waals surface area contributed by atoms with Crippen LogP contribution in [-0.2, 0) is 4.79 Å². The van der Waals surface area contributed by atoms with Gasteiger partial charge in [0.05, 0.1) is 12.6 Å². The van der Waals surface area contributed by atoms with E-state index in [2.05, 4.69) is 15.3 Å². The van der Waals surface area contributed by atoms with E-state index in [1.54, 1.807) is 0 Å². The highest BCUT2D eigenvalue weighted by atomic mass is 16.4. The summed E-state index contributed by atoms with van der Waals surface area (Å²) in [6.07, 6.45) is 6.38. The van der Waals surface area contributed by atoms with Gasteiger partial charge < -0.3 is 10.4 Å². The average molecular weight is 246 g/mol. The van der Waals surface area contributed by atoms with E-state index in [1.165, 1.54) is 12.5 Å². The lowest BCUT2D eigenvalue weighted by Crippen LogP contribution is -2.38. The molecule has 0 aliphatic heterocycles. The highest BCUT2D eigenvalue weighted by molar-refractivity contribution is 5.69. The van der Waals surface area contributed by atoms with Crippen molar-refractivity contribution in [1.82, 2.24) is 9.97 Å². The number of aromatic nitrogens is 2. The van der Waals surface area contributed by atoms with Crippen molar-refractivity contribution in [2.45, 2.75) is 37.6 Å². The van der Waals surface area contributed by atoms with Gasteiger partial charge in [-0.15, -0.1) is 0 Å². The Morgan fingerprint density at radius 2 is 2.28 bits per heavy atom. The van der Waals surface area contributed by atoms with Gasteiger partial charge in [-0.3, -0.25) is 4.79 Å². The summed E-state index contributed by atoms with van der Waals surface area (Å²) in [5.74, 6) is -0.410. The fraction of sp³-hybridized carbons (Fsp3) is 0.500. The number of carbonyl (C=O) groups is 1. The average Bonchev–Trinajstić information content (AvgIpc) is 2.77. The zero-order valence-electron chi connectivity index (χ0n) is 9.89. The molecule has 18 heavy (non-hydrogen) atoms. The molecule has 1 fully saturated rings. The Labute approximate surface area is 105 Å². The van der Waals surface area contributed by atoms with Crippen LogP contribution in [0.5, 0.6) is 0 Å². The first-order chi connectivity index (χ1) is 8.65. The van der Waals surface area contributed by atoms with Gasteiger partial charge in [-0.2, -0.15) is 5.26 Å². The van der Waals surface area contributed by atoms with Crippen molar-refractivity contribution >= 4 is 11.8 Å². The molecule has 0 atom stereocenters. The summed E-state index contributed by atoms with van der Waals surface area (Å²) in [7, 11) is 0. The van der Waals surface area contributed by atoms with E-state index in [1.807, 2.05) is 6.07 Å². The van der Waals surface area contributed by atoms with Crippen LogP contribution in [0.25, 0.3) is 0 Å². The van der Waals surface area contributed by atoms with Crippen molar-refractivity contribution in [3.63, 3.8) is 0 Å². The summed E-state index contributed by atoms with van der Waals surface area (Å²) < 4.78 is 0. The fourth-order valence-electron chi connectivity index (χ4n) is 2.45. The third-order valence-electron chi connectivity index (χ3n) is 3.27. The molecule has 1 aliphatic carbocycles. The maximum Gasteiger partial charge on any atom is 0.305 e. The molecule has 6 heteroatoms. The molecule has 0 spiro atoms. The second-order valence-corrected chi connectivity index (χ2v) is 4.58.